The van der Waals surface area contributed by atoms with E-state index in [1.807, 2.05) is 13.0 Å². The topological polar surface area (TPSA) is 17.1 Å². The zero-order valence-electron chi connectivity index (χ0n) is 9.29. The minimum Gasteiger partial charge on any atom is -0.295 e. The lowest BCUT2D eigenvalue weighted by Crippen LogP contribution is -1.95. The summed E-state index contributed by atoms with van der Waals surface area (Å²) in [4.78, 5) is 11.4. The summed E-state index contributed by atoms with van der Waals surface area (Å²) in [5, 5.41) is 2.34. The van der Waals surface area contributed by atoms with Crippen LogP contribution in [-0.4, -0.2) is 5.78 Å². The monoisotopic (exact) mass is 198 g/mol. The van der Waals surface area contributed by atoms with Gasteiger partial charge in [-0.1, -0.05) is 29.8 Å². The Morgan fingerprint density at radius 1 is 1.00 bits per heavy atom. The summed E-state index contributed by atoms with van der Waals surface area (Å²) in [5.74, 6) is 0.135. The van der Waals surface area contributed by atoms with E-state index in [-0.39, 0.29) is 5.78 Å². The number of hydrogen-bond donors (Lipinski definition) is 0. The fourth-order valence-corrected chi connectivity index (χ4v) is 1.91. The van der Waals surface area contributed by atoms with E-state index in [9.17, 15) is 4.79 Å². The molecule has 0 bridgehead atoms. The summed E-state index contributed by atoms with van der Waals surface area (Å²) in [6, 6.07) is 10.4. The molecule has 0 aliphatic rings. The van der Waals surface area contributed by atoms with Crippen molar-refractivity contribution in [1.29, 1.82) is 0 Å². The van der Waals surface area contributed by atoms with Crippen molar-refractivity contribution in [3.63, 3.8) is 0 Å². The predicted octanol–water partition coefficient (Wildman–Crippen LogP) is 3.66. The van der Waals surface area contributed by atoms with Gasteiger partial charge in [0.1, 0.15) is 0 Å². The van der Waals surface area contributed by atoms with Gasteiger partial charge in [0.05, 0.1) is 0 Å². The van der Waals surface area contributed by atoms with Crippen LogP contribution in [0.25, 0.3) is 10.8 Å². The fourth-order valence-electron chi connectivity index (χ4n) is 1.91. The molecule has 2 rings (SSSR count). The van der Waals surface area contributed by atoms with Gasteiger partial charge in [-0.05, 0) is 43.2 Å². The minimum atomic E-state index is 0.135. The molecule has 0 fully saturated rings. The van der Waals surface area contributed by atoms with Crippen molar-refractivity contribution in [2.24, 2.45) is 0 Å². The highest BCUT2D eigenvalue weighted by Crippen LogP contribution is 2.21. The first-order valence-electron chi connectivity index (χ1n) is 5.10. The van der Waals surface area contributed by atoms with Gasteiger partial charge in [0.25, 0.3) is 0 Å². The molecule has 0 saturated carbocycles. The second-order valence-electron chi connectivity index (χ2n) is 4.07. The number of hydrogen-bond acceptors (Lipinski definition) is 1. The maximum atomic E-state index is 11.4. The highest BCUT2D eigenvalue weighted by molar-refractivity contribution is 6.00. The van der Waals surface area contributed by atoms with Crippen LogP contribution in [0.3, 0.4) is 0 Å². The summed E-state index contributed by atoms with van der Waals surface area (Å²) >= 11 is 0. The van der Waals surface area contributed by atoms with E-state index < -0.39 is 0 Å². The highest BCUT2D eigenvalue weighted by Gasteiger charge is 2.05. The Bertz CT molecular complexity index is 538. The summed E-state index contributed by atoms with van der Waals surface area (Å²) in [7, 11) is 0. The van der Waals surface area contributed by atoms with E-state index in [1.165, 1.54) is 10.9 Å². The molecule has 1 heteroatoms. The molecule has 0 spiro atoms. The zero-order chi connectivity index (χ0) is 11.0. The van der Waals surface area contributed by atoms with E-state index in [4.69, 9.17) is 0 Å². The van der Waals surface area contributed by atoms with Gasteiger partial charge < -0.3 is 0 Å². The highest BCUT2D eigenvalue weighted by atomic mass is 16.1. The van der Waals surface area contributed by atoms with Gasteiger partial charge >= 0.3 is 0 Å². The third-order valence-corrected chi connectivity index (χ3v) is 2.72. The summed E-state index contributed by atoms with van der Waals surface area (Å²) in [6.45, 7) is 5.66. The van der Waals surface area contributed by atoms with Gasteiger partial charge in [-0.25, -0.2) is 0 Å². The molecule has 0 N–H and O–H groups in total. The molecule has 0 aliphatic heterocycles. The average molecular weight is 198 g/mol. The molecule has 0 saturated heterocycles. The molecular formula is C14H14O. The van der Waals surface area contributed by atoms with Crippen molar-refractivity contribution in [1.82, 2.24) is 0 Å². The standard InChI is InChI=1S/C14H14O/c1-9-4-5-12-7-10(2)14(11(3)15)8-13(12)6-9/h4-8H,1-3H3. The molecule has 0 aromatic heterocycles. The van der Waals surface area contributed by atoms with Crippen molar-refractivity contribution in [2.75, 3.05) is 0 Å². The van der Waals surface area contributed by atoms with Gasteiger partial charge in [0.15, 0.2) is 5.78 Å². The smallest absolute Gasteiger partial charge is 0.160 e. The lowest BCUT2D eigenvalue weighted by atomic mass is 9.98. The third kappa shape index (κ3) is 1.78. The van der Waals surface area contributed by atoms with Crippen LogP contribution < -0.4 is 0 Å². The lowest BCUT2D eigenvalue weighted by Gasteiger charge is -2.05. The Labute approximate surface area is 89.7 Å². The molecule has 2 aromatic rings. The number of carbonyl (C=O) groups excluding carboxylic acids is 1. The van der Waals surface area contributed by atoms with Crippen LogP contribution in [0.15, 0.2) is 30.3 Å². The number of rotatable bonds is 1. The molecule has 76 valence electrons. The van der Waals surface area contributed by atoms with E-state index in [0.717, 1.165) is 16.5 Å². The Morgan fingerprint density at radius 3 is 2.40 bits per heavy atom. The first-order chi connectivity index (χ1) is 7.08. The summed E-state index contributed by atoms with van der Waals surface area (Å²) < 4.78 is 0. The van der Waals surface area contributed by atoms with Gasteiger partial charge in [-0.15, -0.1) is 0 Å². The largest absolute Gasteiger partial charge is 0.295 e. The van der Waals surface area contributed by atoms with E-state index >= 15 is 0 Å². The number of carbonyl (C=O) groups is 1. The van der Waals surface area contributed by atoms with Crippen molar-refractivity contribution < 1.29 is 4.79 Å². The average Bonchev–Trinajstić information content (AvgIpc) is 2.17. The minimum absolute atomic E-state index is 0.135. The SMILES string of the molecule is CC(=O)c1cc2cc(C)ccc2cc1C. The second kappa shape index (κ2) is 3.50. The number of fused-ring (bicyclic) bond motifs is 1. The van der Waals surface area contributed by atoms with Gasteiger partial charge in [-0.2, -0.15) is 0 Å². The maximum Gasteiger partial charge on any atom is 0.160 e. The number of Topliss-reactive ketones (excluding diaryl/α,β-unsaturated/α-hetero) is 1. The normalized spacial score (nSPS) is 10.6. The van der Waals surface area contributed by atoms with Gasteiger partial charge in [-0.3, -0.25) is 4.79 Å². The van der Waals surface area contributed by atoms with E-state index in [2.05, 4.69) is 31.2 Å². The van der Waals surface area contributed by atoms with Crippen LogP contribution in [0.4, 0.5) is 0 Å². The fraction of sp³-hybridized carbons (Fsp3) is 0.214. The summed E-state index contributed by atoms with van der Waals surface area (Å²) in [5.41, 5.74) is 3.10. The van der Waals surface area contributed by atoms with Gasteiger partial charge in [0.2, 0.25) is 0 Å². The second-order valence-corrected chi connectivity index (χ2v) is 4.07. The molecule has 2 aromatic carbocycles. The Kier molecular flexibility index (Phi) is 2.31. The number of aryl methyl sites for hydroxylation is 2. The van der Waals surface area contributed by atoms with E-state index in [1.54, 1.807) is 6.92 Å². The molecule has 15 heavy (non-hydrogen) atoms. The van der Waals surface area contributed by atoms with Crippen LogP contribution in [-0.2, 0) is 0 Å². The first kappa shape index (κ1) is 9.91. The van der Waals surface area contributed by atoms with Crippen LogP contribution in [0.2, 0.25) is 0 Å². The van der Waals surface area contributed by atoms with Crippen LogP contribution in [0.5, 0.6) is 0 Å². The number of ketones is 1. The molecule has 0 radical (unpaired) electrons. The Morgan fingerprint density at radius 2 is 1.73 bits per heavy atom. The number of benzene rings is 2. The molecular weight excluding hydrogens is 184 g/mol. The van der Waals surface area contributed by atoms with Crippen molar-refractivity contribution in [3.05, 3.63) is 47.0 Å². The molecule has 0 atom stereocenters. The van der Waals surface area contributed by atoms with Crippen molar-refractivity contribution in [2.45, 2.75) is 20.8 Å². The first-order valence-corrected chi connectivity index (χ1v) is 5.10. The molecule has 0 aliphatic carbocycles. The van der Waals surface area contributed by atoms with E-state index in [0.29, 0.717) is 0 Å². The Balaban J connectivity index is 2.77. The van der Waals surface area contributed by atoms with Crippen molar-refractivity contribution in [3.8, 4) is 0 Å². The molecule has 1 nitrogen and oxygen atoms in total. The molecule has 0 amide bonds. The third-order valence-electron chi connectivity index (χ3n) is 2.72. The maximum absolute atomic E-state index is 11.4. The lowest BCUT2D eigenvalue weighted by molar-refractivity contribution is 0.101. The zero-order valence-corrected chi connectivity index (χ0v) is 9.29. The van der Waals surface area contributed by atoms with Gasteiger partial charge in [0, 0.05) is 5.56 Å². The molecule has 0 heterocycles. The van der Waals surface area contributed by atoms with Crippen molar-refractivity contribution >= 4 is 16.6 Å². The molecule has 0 unspecified atom stereocenters. The quantitative estimate of drug-likeness (QED) is 0.639. The summed E-state index contributed by atoms with van der Waals surface area (Å²) in [6.07, 6.45) is 0. The van der Waals surface area contributed by atoms with Crippen LogP contribution in [0, 0.1) is 13.8 Å². The predicted molar refractivity (Wildman–Crippen MR) is 63.4 cm³/mol. The Hall–Kier alpha value is -1.63. The van der Waals surface area contributed by atoms with Crippen LogP contribution >= 0.6 is 0 Å². The van der Waals surface area contributed by atoms with Crippen LogP contribution in [0.1, 0.15) is 28.4 Å².